The second-order valence-corrected chi connectivity index (χ2v) is 9.70. The van der Waals surface area contributed by atoms with E-state index in [1.807, 2.05) is 11.8 Å². The monoisotopic (exact) mass is 420 g/mol. The van der Waals surface area contributed by atoms with E-state index in [2.05, 4.69) is 91.8 Å². The summed E-state index contributed by atoms with van der Waals surface area (Å²) in [6.45, 7) is 21.1. The molecule has 168 valence electrons. The average molecular weight is 421 g/mol. The standard InChI is InChI=1S/C28H40N2O/c1-17(2)23-13-11-14-24(18(3)4)27(23)29-21(9)30(22(10)31)28-25(19(5)6)15-12-16-26(28)20(7)8/h11-20H,1-10H3. The van der Waals surface area contributed by atoms with Crippen LogP contribution in [0.3, 0.4) is 0 Å². The molecule has 0 N–H and O–H groups in total. The highest BCUT2D eigenvalue weighted by Crippen LogP contribution is 2.38. The first-order valence-corrected chi connectivity index (χ1v) is 11.6. The van der Waals surface area contributed by atoms with Crippen LogP contribution in [0.1, 0.15) is 115 Å². The topological polar surface area (TPSA) is 32.7 Å². The van der Waals surface area contributed by atoms with Crippen LogP contribution in [-0.4, -0.2) is 11.7 Å². The normalized spacial score (nSPS) is 12.4. The third-order valence-electron chi connectivity index (χ3n) is 5.82. The van der Waals surface area contributed by atoms with Crippen LogP contribution in [0.15, 0.2) is 41.4 Å². The molecule has 0 aromatic heterocycles. The molecule has 0 spiro atoms. The van der Waals surface area contributed by atoms with Crippen molar-refractivity contribution in [1.82, 2.24) is 0 Å². The zero-order valence-corrected chi connectivity index (χ0v) is 21.1. The van der Waals surface area contributed by atoms with E-state index < -0.39 is 0 Å². The van der Waals surface area contributed by atoms with E-state index >= 15 is 0 Å². The fourth-order valence-corrected chi connectivity index (χ4v) is 4.17. The molecular weight excluding hydrogens is 380 g/mol. The van der Waals surface area contributed by atoms with Gasteiger partial charge in [-0.2, -0.15) is 0 Å². The van der Waals surface area contributed by atoms with Gasteiger partial charge in [-0.05, 0) is 52.8 Å². The summed E-state index contributed by atoms with van der Waals surface area (Å²) in [6.07, 6.45) is 0. The van der Waals surface area contributed by atoms with Crippen LogP contribution in [0.5, 0.6) is 0 Å². The summed E-state index contributed by atoms with van der Waals surface area (Å²) in [7, 11) is 0. The highest BCUT2D eigenvalue weighted by atomic mass is 16.2. The summed E-state index contributed by atoms with van der Waals surface area (Å²) >= 11 is 0. The van der Waals surface area contributed by atoms with Crippen LogP contribution < -0.4 is 4.90 Å². The third kappa shape index (κ3) is 5.44. The van der Waals surface area contributed by atoms with Crippen LogP contribution >= 0.6 is 0 Å². The molecule has 0 radical (unpaired) electrons. The molecule has 0 aliphatic carbocycles. The molecule has 0 heterocycles. The lowest BCUT2D eigenvalue weighted by molar-refractivity contribution is -0.115. The van der Waals surface area contributed by atoms with Gasteiger partial charge >= 0.3 is 0 Å². The predicted octanol–water partition coefficient (Wildman–Crippen LogP) is 8.28. The summed E-state index contributed by atoms with van der Waals surface area (Å²) in [5.41, 5.74) is 6.79. The molecule has 3 nitrogen and oxygen atoms in total. The molecular formula is C28H40N2O. The highest BCUT2D eigenvalue weighted by molar-refractivity contribution is 6.17. The van der Waals surface area contributed by atoms with Crippen molar-refractivity contribution in [2.45, 2.75) is 92.9 Å². The maximum absolute atomic E-state index is 13.0. The first-order valence-electron chi connectivity index (χ1n) is 11.6. The summed E-state index contributed by atoms with van der Waals surface area (Å²) in [4.78, 5) is 20.0. The lowest BCUT2D eigenvalue weighted by Crippen LogP contribution is -2.35. The predicted molar refractivity (Wildman–Crippen MR) is 135 cm³/mol. The van der Waals surface area contributed by atoms with Gasteiger partial charge in [0.1, 0.15) is 5.84 Å². The molecule has 0 fully saturated rings. The van der Waals surface area contributed by atoms with Gasteiger partial charge in [-0.3, -0.25) is 9.69 Å². The van der Waals surface area contributed by atoms with E-state index in [-0.39, 0.29) is 5.91 Å². The largest absolute Gasteiger partial charge is 0.274 e. The van der Waals surface area contributed by atoms with Crippen molar-refractivity contribution in [1.29, 1.82) is 0 Å². The van der Waals surface area contributed by atoms with Crippen LogP contribution in [0.25, 0.3) is 0 Å². The number of benzene rings is 2. The fraction of sp³-hybridized carbons (Fsp3) is 0.500. The van der Waals surface area contributed by atoms with Crippen molar-refractivity contribution >= 4 is 23.1 Å². The van der Waals surface area contributed by atoms with Gasteiger partial charge in [-0.25, -0.2) is 4.99 Å². The van der Waals surface area contributed by atoms with E-state index in [0.29, 0.717) is 23.7 Å². The molecule has 0 aliphatic rings. The number of aliphatic imine (C=N–C) groups is 1. The highest BCUT2D eigenvalue weighted by Gasteiger charge is 2.25. The number of hydrogen-bond acceptors (Lipinski definition) is 2. The molecule has 0 aliphatic heterocycles. The summed E-state index contributed by atoms with van der Waals surface area (Å²) in [5, 5.41) is 0. The van der Waals surface area contributed by atoms with Crippen LogP contribution in [0, 0.1) is 0 Å². The minimum absolute atomic E-state index is 0.00984. The Morgan fingerprint density at radius 3 is 1.35 bits per heavy atom. The molecule has 0 unspecified atom stereocenters. The Labute approximate surface area is 189 Å². The van der Waals surface area contributed by atoms with E-state index in [4.69, 9.17) is 4.99 Å². The van der Waals surface area contributed by atoms with Crippen molar-refractivity contribution in [2.75, 3.05) is 4.90 Å². The molecule has 0 bridgehead atoms. The molecule has 31 heavy (non-hydrogen) atoms. The van der Waals surface area contributed by atoms with Crippen molar-refractivity contribution in [3.63, 3.8) is 0 Å². The number of para-hydroxylation sites is 2. The van der Waals surface area contributed by atoms with Gasteiger partial charge in [0.25, 0.3) is 0 Å². The smallest absolute Gasteiger partial charge is 0.229 e. The minimum Gasteiger partial charge on any atom is -0.274 e. The van der Waals surface area contributed by atoms with Crippen molar-refractivity contribution in [2.24, 2.45) is 4.99 Å². The third-order valence-corrected chi connectivity index (χ3v) is 5.82. The summed E-state index contributed by atoms with van der Waals surface area (Å²) in [6, 6.07) is 12.8. The Hall–Kier alpha value is -2.42. The van der Waals surface area contributed by atoms with E-state index in [1.165, 1.54) is 22.3 Å². The van der Waals surface area contributed by atoms with Gasteiger partial charge in [0.2, 0.25) is 5.91 Å². The molecule has 2 rings (SSSR count). The van der Waals surface area contributed by atoms with Gasteiger partial charge in [-0.15, -0.1) is 0 Å². The lowest BCUT2D eigenvalue weighted by Gasteiger charge is -2.29. The van der Waals surface area contributed by atoms with E-state index in [0.717, 1.165) is 17.2 Å². The first kappa shape index (κ1) is 24.8. The zero-order valence-electron chi connectivity index (χ0n) is 21.1. The van der Waals surface area contributed by atoms with Crippen molar-refractivity contribution < 1.29 is 4.79 Å². The molecule has 0 atom stereocenters. The number of nitrogens with zero attached hydrogens (tertiary/aromatic N) is 2. The van der Waals surface area contributed by atoms with Gasteiger partial charge in [0.05, 0.1) is 11.4 Å². The summed E-state index contributed by atoms with van der Waals surface area (Å²) in [5.74, 6) is 2.02. The number of hydrogen-bond donors (Lipinski definition) is 0. The molecule has 0 saturated heterocycles. The Balaban J connectivity index is 2.81. The molecule has 0 saturated carbocycles. The number of amides is 1. The maximum atomic E-state index is 13.0. The van der Waals surface area contributed by atoms with E-state index in [1.54, 1.807) is 6.92 Å². The second kappa shape index (κ2) is 10.3. The first-order chi connectivity index (χ1) is 14.5. The quantitative estimate of drug-likeness (QED) is 0.342. The van der Waals surface area contributed by atoms with Gasteiger partial charge < -0.3 is 0 Å². The number of carbonyl (C=O) groups excluding carboxylic acids is 1. The van der Waals surface area contributed by atoms with Crippen LogP contribution in [0.2, 0.25) is 0 Å². The maximum Gasteiger partial charge on any atom is 0.229 e. The van der Waals surface area contributed by atoms with Gasteiger partial charge in [-0.1, -0.05) is 91.8 Å². The fourth-order valence-electron chi connectivity index (χ4n) is 4.17. The summed E-state index contributed by atoms with van der Waals surface area (Å²) < 4.78 is 0. The Kier molecular flexibility index (Phi) is 8.22. The minimum atomic E-state index is -0.00984. The number of anilines is 1. The van der Waals surface area contributed by atoms with E-state index in [9.17, 15) is 4.79 Å². The number of amidine groups is 1. The van der Waals surface area contributed by atoms with Crippen molar-refractivity contribution in [3.05, 3.63) is 58.7 Å². The Morgan fingerprint density at radius 2 is 1.03 bits per heavy atom. The Bertz CT molecular complexity index is 899. The van der Waals surface area contributed by atoms with Crippen LogP contribution in [0.4, 0.5) is 11.4 Å². The van der Waals surface area contributed by atoms with Gasteiger partial charge in [0.15, 0.2) is 0 Å². The SMILES string of the molecule is CC(=O)N(C(C)=Nc1c(C(C)C)cccc1C(C)C)c1c(C(C)C)cccc1C(C)C. The zero-order chi connectivity index (χ0) is 23.5. The lowest BCUT2D eigenvalue weighted by atomic mass is 9.91. The second-order valence-electron chi connectivity index (χ2n) is 9.70. The molecule has 2 aromatic rings. The molecule has 1 amide bonds. The van der Waals surface area contributed by atoms with Crippen molar-refractivity contribution in [3.8, 4) is 0 Å². The van der Waals surface area contributed by atoms with Gasteiger partial charge in [0, 0.05) is 6.92 Å². The Morgan fingerprint density at radius 1 is 0.677 bits per heavy atom. The number of carbonyl (C=O) groups is 1. The number of rotatable bonds is 6. The van der Waals surface area contributed by atoms with Crippen LogP contribution in [-0.2, 0) is 4.79 Å². The molecule has 2 aromatic carbocycles. The average Bonchev–Trinajstić information content (AvgIpc) is 2.67. The molecule has 3 heteroatoms.